The first-order chi connectivity index (χ1) is 8.97. The van der Waals surface area contributed by atoms with E-state index in [1.807, 2.05) is 6.07 Å². The van der Waals surface area contributed by atoms with Crippen molar-refractivity contribution in [2.75, 3.05) is 0 Å². The molecule has 0 aromatic heterocycles. The summed E-state index contributed by atoms with van der Waals surface area (Å²) in [5.41, 5.74) is 0.0543. The summed E-state index contributed by atoms with van der Waals surface area (Å²) in [6, 6.07) is 12.9. The topological polar surface area (TPSA) is 26.1 Å². The molecule has 0 aliphatic carbocycles. The van der Waals surface area contributed by atoms with Crippen LogP contribution in [0.5, 0.6) is 0 Å². The highest BCUT2D eigenvalue weighted by Crippen LogP contribution is 2.30. The van der Waals surface area contributed by atoms with Crippen LogP contribution in [-0.2, 0) is 6.18 Å². The fraction of sp³-hybridized carbons (Fsp3) is 0.0714. The van der Waals surface area contributed by atoms with Crippen molar-refractivity contribution >= 4 is 11.9 Å². The van der Waals surface area contributed by atoms with Crippen LogP contribution in [0.4, 0.5) is 18.9 Å². The molecule has 0 aliphatic rings. The molecule has 0 fully saturated rings. The molecule has 2 aromatic rings. The van der Waals surface area contributed by atoms with Gasteiger partial charge >= 0.3 is 6.18 Å². The van der Waals surface area contributed by atoms with E-state index in [4.69, 9.17) is 0 Å². The molecule has 0 heterocycles. The Labute approximate surface area is 108 Å². The molecule has 0 amide bonds. The molecule has 0 N–H and O–H groups in total. The molecule has 0 spiro atoms. The number of hydrogen-bond acceptors (Lipinski definition) is 1. The SMILES string of the molecule is [O-][N+](=Cc1ccccc1)c1ccc(C(F)(F)F)cc1. The predicted octanol–water partition coefficient (Wildman–Crippen LogP) is 3.97. The second kappa shape index (κ2) is 5.14. The molecule has 0 saturated heterocycles. The second-order valence-corrected chi connectivity index (χ2v) is 3.91. The maximum absolute atomic E-state index is 12.4. The summed E-state index contributed by atoms with van der Waals surface area (Å²) in [4.78, 5) is 0. The molecule has 19 heavy (non-hydrogen) atoms. The van der Waals surface area contributed by atoms with Gasteiger partial charge in [-0.15, -0.1) is 0 Å². The normalized spacial score (nSPS) is 12.5. The Kier molecular flexibility index (Phi) is 3.55. The summed E-state index contributed by atoms with van der Waals surface area (Å²) in [6.45, 7) is 0. The van der Waals surface area contributed by atoms with Gasteiger partial charge in [-0.25, -0.2) is 0 Å². The minimum absolute atomic E-state index is 0.150. The van der Waals surface area contributed by atoms with Gasteiger partial charge in [0.05, 0.1) is 5.56 Å². The highest BCUT2D eigenvalue weighted by atomic mass is 19.4. The van der Waals surface area contributed by atoms with Crippen LogP contribution in [0.25, 0.3) is 0 Å². The molecule has 0 radical (unpaired) electrons. The van der Waals surface area contributed by atoms with Crippen molar-refractivity contribution < 1.29 is 17.9 Å². The molecule has 2 rings (SSSR count). The monoisotopic (exact) mass is 265 g/mol. The van der Waals surface area contributed by atoms with Crippen molar-refractivity contribution in [2.45, 2.75) is 6.18 Å². The van der Waals surface area contributed by atoms with Crippen molar-refractivity contribution in [3.63, 3.8) is 0 Å². The smallest absolute Gasteiger partial charge is 0.416 e. The number of halogens is 3. The molecule has 5 heteroatoms. The van der Waals surface area contributed by atoms with Gasteiger partial charge in [0, 0.05) is 17.7 Å². The zero-order chi connectivity index (χ0) is 13.9. The fourth-order valence-corrected chi connectivity index (χ4v) is 1.55. The quantitative estimate of drug-likeness (QED) is 0.349. The van der Waals surface area contributed by atoms with Crippen LogP contribution >= 0.6 is 0 Å². The van der Waals surface area contributed by atoms with Crippen molar-refractivity contribution in [2.24, 2.45) is 0 Å². The number of benzene rings is 2. The van der Waals surface area contributed by atoms with Crippen LogP contribution in [0.15, 0.2) is 54.6 Å². The molecule has 2 nitrogen and oxygen atoms in total. The summed E-state index contributed by atoms with van der Waals surface area (Å²) in [5, 5.41) is 11.8. The average molecular weight is 265 g/mol. The van der Waals surface area contributed by atoms with E-state index >= 15 is 0 Å². The average Bonchev–Trinajstić information content (AvgIpc) is 2.39. The first-order valence-corrected chi connectivity index (χ1v) is 5.50. The lowest BCUT2D eigenvalue weighted by Crippen LogP contribution is -2.05. The van der Waals surface area contributed by atoms with Gasteiger partial charge in [0.25, 0.3) is 0 Å². The number of hydrogen-bond donors (Lipinski definition) is 0. The van der Waals surface area contributed by atoms with E-state index in [9.17, 15) is 18.4 Å². The minimum Gasteiger partial charge on any atom is -0.618 e. The lowest BCUT2D eigenvalue weighted by molar-refractivity contribution is -0.354. The lowest BCUT2D eigenvalue weighted by Gasteiger charge is -2.07. The maximum Gasteiger partial charge on any atom is 0.416 e. The Morgan fingerprint density at radius 3 is 2.00 bits per heavy atom. The molecule has 2 aromatic carbocycles. The first-order valence-electron chi connectivity index (χ1n) is 5.50. The third-order valence-corrected chi connectivity index (χ3v) is 2.52. The fourth-order valence-electron chi connectivity index (χ4n) is 1.55. The third-order valence-electron chi connectivity index (χ3n) is 2.52. The van der Waals surface area contributed by atoms with E-state index in [0.29, 0.717) is 10.3 Å². The summed E-state index contributed by atoms with van der Waals surface area (Å²) < 4.78 is 37.6. The van der Waals surface area contributed by atoms with Gasteiger partial charge in [0.2, 0.25) is 5.69 Å². The molecular formula is C14H10F3NO. The third kappa shape index (κ3) is 3.34. The van der Waals surface area contributed by atoms with Gasteiger partial charge in [-0.05, 0) is 24.3 Å². The molecule has 0 atom stereocenters. The van der Waals surface area contributed by atoms with Gasteiger partial charge in [-0.1, -0.05) is 18.2 Å². The van der Waals surface area contributed by atoms with E-state index in [1.165, 1.54) is 6.21 Å². The largest absolute Gasteiger partial charge is 0.618 e. The van der Waals surface area contributed by atoms with Crippen molar-refractivity contribution in [3.8, 4) is 0 Å². The van der Waals surface area contributed by atoms with Crippen molar-refractivity contribution in [1.82, 2.24) is 0 Å². The first kappa shape index (κ1) is 13.1. The Morgan fingerprint density at radius 2 is 1.47 bits per heavy atom. The Bertz CT molecular complexity index is 574. The molecule has 98 valence electrons. The Morgan fingerprint density at radius 1 is 0.895 bits per heavy atom. The van der Waals surface area contributed by atoms with Crippen LogP contribution < -0.4 is 0 Å². The number of alkyl halides is 3. The van der Waals surface area contributed by atoms with Crippen LogP contribution in [0.1, 0.15) is 11.1 Å². The van der Waals surface area contributed by atoms with Crippen molar-refractivity contribution in [3.05, 3.63) is 70.9 Å². The van der Waals surface area contributed by atoms with E-state index in [2.05, 4.69) is 0 Å². The number of nitrogens with zero attached hydrogens (tertiary/aromatic N) is 1. The zero-order valence-electron chi connectivity index (χ0n) is 9.76. The highest BCUT2D eigenvalue weighted by molar-refractivity contribution is 5.76. The zero-order valence-corrected chi connectivity index (χ0v) is 9.76. The molecule has 0 unspecified atom stereocenters. The van der Waals surface area contributed by atoms with E-state index in [0.717, 1.165) is 24.3 Å². The summed E-state index contributed by atoms with van der Waals surface area (Å²) in [6.07, 6.45) is -3.09. The molecule has 0 saturated carbocycles. The van der Waals surface area contributed by atoms with Crippen molar-refractivity contribution in [1.29, 1.82) is 0 Å². The molecule has 0 bridgehead atoms. The van der Waals surface area contributed by atoms with Crippen LogP contribution in [-0.4, -0.2) is 11.0 Å². The van der Waals surface area contributed by atoms with Gasteiger partial charge in [0.15, 0.2) is 6.21 Å². The maximum atomic E-state index is 12.4. The van der Waals surface area contributed by atoms with Gasteiger partial charge in [-0.2, -0.15) is 17.9 Å². The second-order valence-electron chi connectivity index (χ2n) is 3.91. The number of rotatable bonds is 2. The summed E-state index contributed by atoms with van der Waals surface area (Å²) >= 11 is 0. The summed E-state index contributed by atoms with van der Waals surface area (Å²) in [5.74, 6) is 0. The van der Waals surface area contributed by atoms with Crippen LogP contribution in [0.2, 0.25) is 0 Å². The Hall–Kier alpha value is -2.30. The predicted molar refractivity (Wildman–Crippen MR) is 66.3 cm³/mol. The van der Waals surface area contributed by atoms with Gasteiger partial charge < -0.3 is 5.21 Å². The van der Waals surface area contributed by atoms with E-state index in [1.54, 1.807) is 24.3 Å². The summed E-state index contributed by atoms with van der Waals surface area (Å²) in [7, 11) is 0. The minimum atomic E-state index is -4.39. The lowest BCUT2D eigenvalue weighted by atomic mass is 10.2. The van der Waals surface area contributed by atoms with E-state index in [-0.39, 0.29) is 5.69 Å². The molecule has 0 aliphatic heterocycles. The van der Waals surface area contributed by atoms with E-state index < -0.39 is 11.7 Å². The van der Waals surface area contributed by atoms with Crippen LogP contribution in [0, 0.1) is 5.21 Å². The molecular weight excluding hydrogens is 255 g/mol. The Balaban J connectivity index is 2.25. The van der Waals surface area contributed by atoms with Crippen LogP contribution in [0.3, 0.4) is 0 Å². The van der Waals surface area contributed by atoms with Gasteiger partial charge in [0.1, 0.15) is 0 Å². The highest BCUT2D eigenvalue weighted by Gasteiger charge is 2.30. The van der Waals surface area contributed by atoms with Gasteiger partial charge in [-0.3, -0.25) is 0 Å². The standard InChI is InChI=1S/C14H10F3NO/c15-14(16,17)12-6-8-13(9-7-12)18(19)10-11-4-2-1-3-5-11/h1-10H.